The first-order valence-electron chi connectivity index (χ1n) is 10.6. The predicted molar refractivity (Wildman–Crippen MR) is 118 cm³/mol. The van der Waals surface area contributed by atoms with Crippen LogP contribution in [-0.4, -0.2) is 27.2 Å². The molecule has 0 spiro atoms. The summed E-state index contributed by atoms with van der Waals surface area (Å²) in [5.74, 6) is -0.169. The first kappa shape index (κ1) is 20.4. The Hall–Kier alpha value is -2.86. The normalized spacial score (nSPS) is 19.2. The molecule has 3 aromatic rings. The van der Waals surface area contributed by atoms with E-state index in [1.165, 1.54) is 5.56 Å². The van der Waals surface area contributed by atoms with Gasteiger partial charge in [-0.15, -0.1) is 0 Å². The molecule has 0 bridgehead atoms. The number of aryl methyl sites for hydroxylation is 3. The zero-order chi connectivity index (χ0) is 21.3. The maximum atomic E-state index is 13.0. The van der Waals surface area contributed by atoms with Crippen LogP contribution in [-0.2, 0) is 25.4 Å². The van der Waals surface area contributed by atoms with E-state index in [4.69, 9.17) is 4.74 Å². The van der Waals surface area contributed by atoms with Gasteiger partial charge in [-0.25, -0.2) is 0 Å². The Morgan fingerprint density at radius 3 is 2.47 bits per heavy atom. The van der Waals surface area contributed by atoms with Gasteiger partial charge >= 0.3 is 0 Å². The van der Waals surface area contributed by atoms with Gasteiger partial charge in [-0.05, 0) is 43.7 Å². The van der Waals surface area contributed by atoms with Crippen molar-refractivity contribution in [1.82, 2.24) is 14.5 Å². The van der Waals surface area contributed by atoms with Crippen molar-refractivity contribution in [3.63, 3.8) is 0 Å². The van der Waals surface area contributed by atoms with Crippen LogP contribution in [0.5, 0.6) is 0 Å². The average Bonchev–Trinajstić information content (AvgIpc) is 3.10. The number of ether oxygens (including phenoxy) is 1. The molecule has 1 N–H and O–H groups in total. The van der Waals surface area contributed by atoms with Crippen molar-refractivity contribution in [3.05, 3.63) is 69.8 Å². The summed E-state index contributed by atoms with van der Waals surface area (Å²) in [6, 6.07) is 10.3. The molecule has 158 valence electrons. The molecule has 1 amide bonds. The zero-order valence-electron chi connectivity index (χ0n) is 17.9. The Morgan fingerprint density at radius 1 is 1.07 bits per heavy atom. The number of hydrogen-bond donors (Lipinski definition) is 1. The molecular weight excluding hydrogens is 378 g/mol. The van der Waals surface area contributed by atoms with Crippen molar-refractivity contribution in [2.24, 2.45) is 14.1 Å². The second kappa shape index (κ2) is 8.48. The summed E-state index contributed by atoms with van der Waals surface area (Å²) in [4.78, 5) is 25.7. The molecule has 0 radical (unpaired) electrons. The minimum Gasteiger partial charge on any atom is -0.374 e. The summed E-state index contributed by atoms with van der Waals surface area (Å²) in [7, 11) is 3.60. The van der Waals surface area contributed by atoms with Gasteiger partial charge in [0.05, 0.1) is 29.2 Å². The van der Waals surface area contributed by atoms with Gasteiger partial charge in [0.2, 0.25) is 0 Å². The van der Waals surface area contributed by atoms with Crippen molar-refractivity contribution in [2.45, 2.75) is 51.4 Å². The largest absolute Gasteiger partial charge is 0.374 e. The molecule has 2 aromatic heterocycles. The second-order valence-corrected chi connectivity index (χ2v) is 8.35. The summed E-state index contributed by atoms with van der Waals surface area (Å²) in [5.41, 5.74) is 3.30. The molecule has 1 aromatic carbocycles. The molecule has 6 heteroatoms. The molecule has 1 saturated carbocycles. The van der Waals surface area contributed by atoms with Crippen molar-refractivity contribution < 1.29 is 9.53 Å². The number of rotatable bonds is 5. The molecule has 0 atom stereocenters. The third-order valence-electron chi connectivity index (χ3n) is 6.06. The van der Waals surface area contributed by atoms with Crippen molar-refractivity contribution >= 4 is 16.8 Å². The lowest BCUT2D eigenvalue weighted by Gasteiger charge is -2.29. The van der Waals surface area contributed by atoms with Gasteiger partial charge < -0.3 is 19.2 Å². The van der Waals surface area contributed by atoms with E-state index < -0.39 is 0 Å². The lowest BCUT2D eigenvalue weighted by atomic mass is 9.92. The maximum absolute atomic E-state index is 13.0. The molecule has 30 heavy (non-hydrogen) atoms. The molecule has 0 unspecified atom stereocenters. The van der Waals surface area contributed by atoms with E-state index in [0.717, 1.165) is 36.8 Å². The monoisotopic (exact) mass is 407 g/mol. The fourth-order valence-corrected chi connectivity index (χ4v) is 4.50. The number of amides is 1. The van der Waals surface area contributed by atoms with Gasteiger partial charge in [-0.1, -0.05) is 30.3 Å². The highest BCUT2D eigenvalue weighted by atomic mass is 16.5. The zero-order valence-corrected chi connectivity index (χ0v) is 17.9. The van der Waals surface area contributed by atoms with Crippen LogP contribution in [0.15, 0.2) is 47.5 Å². The highest BCUT2D eigenvalue weighted by Gasteiger charge is 2.25. The van der Waals surface area contributed by atoms with E-state index in [1.54, 1.807) is 17.8 Å². The Balaban J connectivity index is 1.39. The van der Waals surface area contributed by atoms with Crippen LogP contribution < -0.4 is 10.9 Å². The van der Waals surface area contributed by atoms with Gasteiger partial charge in [0, 0.05) is 32.5 Å². The summed E-state index contributed by atoms with van der Waals surface area (Å²) in [6.45, 7) is 2.58. The number of pyridine rings is 1. The summed E-state index contributed by atoms with van der Waals surface area (Å²) < 4.78 is 9.47. The molecule has 0 saturated heterocycles. The number of carbonyl (C=O) groups excluding carboxylic acids is 1. The maximum Gasteiger partial charge on any atom is 0.260 e. The number of nitrogens with one attached hydrogen (secondary N) is 1. The number of fused-ring (bicyclic) bond motifs is 1. The molecule has 4 rings (SSSR count). The Bertz CT molecular complexity index is 1110. The van der Waals surface area contributed by atoms with Crippen LogP contribution in [0.3, 0.4) is 0 Å². The molecule has 1 fully saturated rings. The lowest BCUT2D eigenvalue weighted by molar-refractivity contribution is 0.0113. The van der Waals surface area contributed by atoms with Crippen LogP contribution in [0.25, 0.3) is 10.9 Å². The highest BCUT2D eigenvalue weighted by molar-refractivity contribution is 6.07. The number of nitrogens with zero attached hydrogens (tertiary/aromatic N) is 2. The molecule has 0 aliphatic heterocycles. The lowest BCUT2D eigenvalue weighted by Crippen LogP contribution is -2.39. The van der Waals surface area contributed by atoms with Crippen LogP contribution in [0, 0.1) is 6.92 Å². The van der Waals surface area contributed by atoms with E-state index >= 15 is 0 Å². The van der Waals surface area contributed by atoms with Gasteiger partial charge in [-0.3, -0.25) is 9.59 Å². The number of hydrogen-bond acceptors (Lipinski definition) is 3. The SMILES string of the molecule is Cc1cn(C)c(=O)c2c(C(=O)NC3CCC(OCc4ccccc4)CC3)cn(C)c12. The topological polar surface area (TPSA) is 65.3 Å². The fraction of sp³-hybridized carbons (Fsp3) is 0.417. The quantitative estimate of drug-likeness (QED) is 0.705. The van der Waals surface area contributed by atoms with Crippen LogP contribution in [0.2, 0.25) is 0 Å². The van der Waals surface area contributed by atoms with Crippen molar-refractivity contribution in [1.29, 1.82) is 0 Å². The van der Waals surface area contributed by atoms with E-state index in [0.29, 0.717) is 17.6 Å². The van der Waals surface area contributed by atoms with Gasteiger partial charge in [0.1, 0.15) is 0 Å². The number of carbonyl (C=O) groups is 1. The third kappa shape index (κ3) is 4.05. The standard InChI is InChI=1S/C24H29N3O3/c1-16-13-27(3)24(29)21-20(14-26(2)22(16)21)23(28)25-18-9-11-19(12-10-18)30-15-17-7-5-4-6-8-17/h4-8,13-14,18-19H,9-12,15H2,1-3H3,(H,25,28). The van der Waals surface area contributed by atoms with E-state index in [1.807, 2.05) is 42.9 Å². The summed E-state index contributed by atoms with van der Waals surface area (Å²) >= 11 is 0. The molecular formula is C24H29N3O3. The van der Waals surface area contributed by atoms with Gasteiger partial charge in [-0.2, -0.15) is 0 Å². The number of benzene rings is 1. The van der Waals surface area contributed by atoms with Crippen LogP contribution in [0.4, 0.5) is 0 Å². The Kier molecular flexibility index (Phi) is 5.77. The Morgan fingerprint density at radius 2 is 1.77 bits per heavy atom. The summed E-state index contributed by atoms with van der Waals surface area (Å²) in [6.07, 6.45) is 7.42. The van der Waals surface area contributed by atoms with E-state index in [-0.39, 0.29) is 23.6 Å². The average molecular weight is 408 g/mol. The minimum absolute atomic E-state index is 0.109. The van der Waals surface area contributed by atoms with Crippen molar-refractivity contribution in [3.8, 4) is 0 Å². The smallest absolute Gasteiger partial charge is 0.260 e. The molecule has 2 heterocycles. The van der Waals surface area contributed by atoms with E-state index in [9.17, 15) is 9.59 Å². The van der Waals surface area contributed by atoms with Gasteiger partial charge in [0.25, 0.3) is 11.5 Å². The van der Waals surface area contributed by atoms with E-state index in [2.05, 4.69) is 17.4 Å². The summed E-state index contributed by atoms with van der Waals surface area (Å²) in [5, 5.41) is 3.64. The van der Waals surface area contributed by atoms with Gasteiger partial charge in [0.15, 0.2) is 0 Å². The molecule has 1 aliphatic carbocycles. The fourth-order valence-electron chi connectivity index (χ4n) is 4.50. The molecule has 6 nitrogen and oxygen atoms in total. The first-order chi connectivity index (χ1) is 14.4. The third-order valence-corrected chi connectivity index (χ3v) is 6.06. The van der Waals surface area contributed by atoms with Crippen LogP contribution in [0.1, 0.15) is 47.2 Å². The van der Waals surface area contributed by atoms with Crippen molar-refractivity contribution in [2.75, 3.05) is 0 Å². The second-order valence-electron chi connectivity index (χ2n) is 8.35. The molecule has 1 aliphatic rings. The predicted octanol–water partition coefficient (Wildman–Crippen LogP) is 3.44. The first-order valence-corrected chi connectivity index (χ1v) is 10.6. The minimum atomic E-state index is -0.169. The Labute approximate surface area is 176 Å². The highest BCUT2D eigenvalue weighted by Crippen LogP contribution is 2.24. The van der Waals surface area contributed by atoms with Crippen LogP contribution >= 0.6 is 0 Å². The number of aromatic nitrogens is 2.